The minimum absolute atomic E-state index is 0.0116. The number of aryl methyl sites for hydroxylation is 1. The topological polar surface area (TPSA) is 69.1 Å². The van der Waals surface area contributed by atoms with E-state index in [4.69, 9.17) is 4.74 Å². The van der Waals surface area contributed by atoms with Gasteiger partial charge in [-0.2, -0.15) is 0 Å². The molecule has 2 heterocycles. The average molecular weight is 389 g/mol. The van der Waals surface area contributed by atoms with Gasteiger partial charge in [0.05, 0.1) is 12.6 Å². The fourth-order valence-corrected chi connectivity index (χ4v) is 4.30. The molecule has 1 aromatic rings. The first kappa shape index (κ1) is 21.1. The largest absolute Gasteiger partial charge is 0.396 e. The number of guanidine groups is 1. The van der Waals surface area contributed by atoms with Crippen molar-refractivity contribution >= 4 is 5.96 Å². The number of rotatable bonds is 8. The zero-order valence-electron chi connectivity index (χ0n) is 17.4. The highest BCUT2D eigenvalue weighted by Crippen LogP contribution is 2.31. The Balaban J connectivity index is 1.60. The van der Waals surface area contributed by atoms with E-state index in [2.05, 4.69) is 51.7 Å². The predicted octanol–water partition coefficient (Wildman–Crippen LogP) is 2.09. The third-order valence-corrected chi connectivity index (χ3v) is 6.19. The molecule has 156 valence electrons. The highest BCUT2D eigenvalue weighted by atomic mass is 16.5. The van der Waals surface area contributed by atoms with E-state index < -0.39 is 0 Å². The lowest BCUT2D eigenvalue weighted by Crippen LogP contribution is -2.46. The van der Waals surface area contributed by atoms with Crippen LogP contribution >= 0.6 is 0 Å². The summed E-state index contributed by atoms with van der Waals surface area (Å²) in [6.45, 7) is 7.72. The SMILES string of the molecule is CN=C(NCC(c1ccc(C)cc1)N1CCCC1)NCC1(CCO)CCOC1. The summed E-state index contributed by atoms with van der Waals surface area (Å²) in [5.41, 5.74) is 2.66. The van der Waals surface area contributed by atoms with Crippen molar-refractivity contribution in [1.82, 2.24) is 15.5 Å². The van der Waals surface area contributed by atoms with Crippen LogP contribution in [0.4, 0.5) is 0 Å². The predicted molar refractivity (Wildman–Crippen MR) is 114 cm³/mol. The molecular formula is C22H36N4O2. The van der Waals surface area contributed by atoms with E-state index in [1.54, 1.807) is 0 Å². The van der Waals surface area contributed by atoms with Crippen LogP contribution < -0.4 is 10.6 Å². The van der Waals surface area contributed by atoms with Crippen molar-refractivity contribution in [2.24, 2.45) is 10.4 Å². The van der Waals surface area contributed by atoms with Gasteiger partial charge in [-0.25, -0.2) is 0 Å². The Labute approximate surface area is 169 Å². The highest BCUT2D eigenvalue weighted by molar-refractivity contribution is 5.79. The molecule has 6 nitrogen and oxygen atoms in total. The van der Waals surface area contributed by atoms with Crippen molar-refractivity contribution in [2.45, 2.75) is 38.6 Å². The molecule has 6 heteroatoms. The molecular weight excluding hydrogens is 352 g/mol. The lowest BCUT2D eigenvalue weighted by molar-refractivity contribution is 0.127. The number of nitrogens with one attached hydrogen (secondary N) is 2. The molecule has 2 aliphatic heterocycles. The third-order valence-electron chi connectivity index (χ3n) is 6.19. The van der Waals surface area contributed by atoms with Gasteiger partial charge in [0.15, 0.2) is 5.96 Å². The van der Waals surface area contributed by atoms with Crippen molar-refractivity contribution in [3.05, 3.63) is 35.4 Å². The number of nitrogens with zero attached hydrogens (tertiary/aromatic N) is 2. The number of aliphatic hydroxyl groups is 1. The molecule has 0 spiro atoms. The molecule has 2 unspecified atom stereocenters. The number of ether oxygens (including phenoxy) is 1. The number of likely N-dealkylation sites (tertiary alicyclic amines) is 1. The van der Waals surface area contributed by atoms with E-state index in [1.807, 2.05) is 7.05 Å². The van der Waals surface area contributed by atoms with Gasteiger partial charge in [-0.05, 0) is 51.3 Å². The molecule has 2 aliphatic rings. The van der Waals surface area contributed by atoms with Crippen LogP contribution in [-0.2, 0) is 4.74 Å². The molecule has 2 atom stereocenters. The molecule has 0 saturated carbocycles. The summed E-state index contributed by atoms with van der Waals surface area (Å²) >= 11 is 0. The summed E-state index contributed by atoms with van der Waals surface area (Å²) in [7, 11) is 1.82. The minimum Gasteiger partial charge on any atom is -0.396 e. The molecule has 3 N–H and O–H groups in total. The summed E-state index contributed by atoms with van der Waals surface area (Å²) in [4.78, 5) is 6.99. The number of benzene rings is 1. The fourth-order valence-electron chi connectivity index (χ4n) is 4.30. The Hall–Kier alpha value is -1.63. The lowest BCUT2D eigenvalue weighted by atomic mass is 9.84. The Bertz CT molecular complexity index is 620. The quantitative estimate of drug-likeness (QED) is 0.470. The maximum Gasteiger partial charge on any atom is 0.191 e. The number of aliphatic imine (C=N–C) groups is 1. The summed E-state index contributed by atoms with van der Waals surface area (Å²) in [6.07, 6.45) is 4.30. The summed E-state index contributed by atoms with van der Waals surface area (Å²) in [5.74, 6) is 0.820. The van der Waals surface area contributed by atoms with Crippen LogP contribution in [0.1, 0.15) is 42.9 Å². The van der Waals surface area contributed by atoms with Gasteiger partial charge in [-0.1, -0.05) is 29.8 Å². The van der Waals surface area contributed by atoms with E-state index in [-0.39, 0.29) is 12.0 Å². The third kappa shape index (κ3) is 5.46. The van der Waals surface area contributed by atoms with Crippen LogP contribution in [0.5, 0.6) is 0 Å². The molecule has 2 fully saturated rings. The number of aliphatic hydroxyl groups excluding tert-OH is 1. The Morgan fingerprint density at radius 1 is 1.25 bits per heavy atom. The average Bonchev–Trinajstić information content (AvgIpc) is 3.39. The highest BCUT2D eigenvalue weighted by Gasteiger charge is 2.34. The van der Waals surface area contributed by atoms with E-state index in [1.165, 1.54) is 24.0 Å². The molecule has 0 bridgehead atoms. The summed E-state index contributed by atoms with van der Waals surface area (Å²) in [6, 6.07) is 9.25. The first-order valence-electron chi connectivity index (χ1n) is 10.6. The second-order valence-electron chi connectivity index (χ2n) is 8.25. The smallest absolute Gasteiger partial charge is 0.191 e. The van der Waals surface area contributed by atoms with Gasteiger partial charge in [-0.15, -0.1) is 0 Å². The van der Waals surface area contributed by atoms with Gasteiger partial charge in [0.2, 0.25) is 0 Å². The summed E-state index contributed by atoms with van der Waals surface area (Å²) < 4.78 is 5.59. The van der Waals surface area contributed by atoms with Crippen LogP contribution in [0.2, 0.25) is 0 Å². The van der Waals surface area contributed by atoms with Gasteiger partial charge >= 0.3 is 0 Å². The Kier molecular flexibility index (Phi) is 7.71. The molecule has 0 aliphatic carbocycles. The Morgan fingerprint density at radius 3 is 2.61 bits per heavy atom. The molecule has 28 heavy (non-hydrogen) atoms. The van der Waals surface area contributed by atoms with Crippen LogP contribution in [0.25, 0.3) is 0 Å². The molecule has 3 rings (SSSR count). The van der Waals surface area contributed by atoms with Crippen molar-refractivity contribution in [3.8, 4) is 0 Å². The van der Waals surface area contributed by atoms with Crippen LogP contribution in [0.3, 0.4) is 0 Å². The molecule has 0 amide bonds. The maximum atomic E-state index is 9.42. The van der Waals surface area contributed by atoms with Crippen LogP contribution in [0.15, 0.2) is 29.3 Å². The summed E-state index contributed by atoms with van der Waals surface area (Å²) in [5, 5.41) is 16.4. The fraction of sp³-hybridized carbons (Fsp3) is 0.682. The van der Waals surface area contributed by atoms with Crippen LogP contribution in [0, 0.1) is 12.3 Å². The van der Waals surface area contributed by atoms with Crippen molar-refractivity contribution < 1.29 is 9.84 Å². The normalized spacial score (nSPS) is 24.5. The van der Waals surface area contributed by atoms with E-state index >= 15 is 0 Å². The molecule has 0 aromatic heterocycles. The molecule has 2 saturated heterocycles. The lowest BCUT2D eigenvalue weighted by Gasteiger charge is -2.30. The standard InChI is InChI=1S/C22H36N4O2/c1-18-5-7-19(8-6-18)20(26-11-3-4-12-26)15-24-21(23-2)25-16-22(9-13-27)10-14-28-17-22/h5-8,20,27H,3-4,9-17H2,1-2H3,(H2,23,24,25). The van der Waals surface area contributed by atoms with Gasteiger partial charge in [-0.3, -0.25) is 9.89 Å². The van der Waals surface area contributed by atoms with E-state index in [9.17, 15) is 5.11 Å². The minimum atomic E-state index is 0.0116. The first-order valence-corrected chi connectivity index (χ1v) is 10.6. The zero-order chi connectivity index (χ0) is 19.8. The van der Waals surface area contributed by atoms with Gasteiger partial charge in [0.1, 0.15) is 0 Å². The van der Waals surface area contributed by atoms with Gasteiger partial charge in [0, 0.05) is 38.8 Å². The second-order valence-corrected chi connectivity index (χ2v) is 8.25. The second kappa shape index (κ2) is 10.2. The van der Waals surface area contributed by atoms with E-state index in [0.29, 0.717) is 12.6 Å². The molecule has 0 radical (unpaired) electrons. The van der Waals surface area contributed by atoms with Crippen molar-refractivity contribution in [3.63, 3.8) is 0 Å². The van der Waals surface area contributed by atoms with Crippen molar-refractivity contribution in [2.75, 3.05) is 53.0 Å². The molecule has 1 aromatic carbocycles. The van der Waals surface area contributed by atoms with Crippen LogP contribution in [-0.4, -0.2) is 69.0 Å². The van der Waals surface area contributed by atoms with Gasteiger partial charge in [0.25, 0.3) is 0 Å². The number of hydrogen-bond acceptors (Lipinski definition) is 4. The zero-order valence-corrected chi connectivity index (χ0v) is 17.4. The Morgan fingerprint density at radius 2 is 2.00 bits per heavy atom. The number of hydrogen-bond donors (Lipinski definition) is 3. The first-order chi connectivity index (χ1) is 13.7. The maximum absolute atomic E-state index is 9.42. The van der Waals surface area contributed by atoms with Crippen molar-refractivity contribution in [1.29, 1.82) is 0 Å². The monoisotopic (exact) mass is 388 g/mol. The van der Waals surface area contributed by atoms with E-state index in [0.717, 1.165) is 51.6 Å². The van der Waals surface area contributed by atoms with Gasteiger partial charge < -0.3 is 20.5 Å².